The maximum absolute atomic E-state index is 5.39. The number of methoxy groups -OCH3 is 2. The first-order valence-corrected chi connectivity index (χ1v) is 7.89. The van der Waals surface area contributed by atoms with Gasteiger partial charge < -0.3 is 9.47 Å². The summed E-state index contributed by atoms with van der Waals surface area (Å²) in [7, 11) is 3.36. The zero-order valence-corrected chi connectivity index (χ0v) is 14.8. The first kappa shape index (κ1) is 15.4. The van der Waals surface area contributed by atoms with Crippen molar-refractivity contribution in [3.63, 3.8) is 0 Å². The Morgan fingerprint density at radius 2 is 1.75 bits per heavy atom. The third-order valence-electron chi connectivity index (χ3n) is 3.21. The molecule has 0 aliphatic carbocycles. The number of ether oxygens (including phenoxy) is 2. The van der Waals surface area contributed by atoms with Gasteiger partial charge in [-0.1, -0.05) is 50.1 Å². The molecule has 2 aromatic carbocycles. The summed E-state index contributed by atoms with van der Waals surface area (Å²) in [5.74, 6) is 1.73. The molecule has 2 aromatic rings. The molecular formula is C16H16Br2O2. The predicted octanol–water partition coefficient (Wildman–Crippen LogP) is 5.26. The van der Waals surface area contributed by atoms with Crippen molar-refractivity contribution in [2.24, 2.45) is 0 Å². The highest BCUT2D eigenvalue weighted by Crippen LogP contribution is 2.38. The molecule has 2 nitrogen and oxygen atoms in total. The summed E-state index contributed by atoms with van der Waals surface area (Å²) in [6.07, 6.45) is 0. The molecule has 1 atom stereocenters. The van der Waals surface area contributed by atoms with Gasteiger partial charge in [0, 0.05) is 4.47 Å². The molecule has 0 fully saturated rings. The van der Waals surface area contributed by atoms with E-state index in [1.54, 1.807) is 14.2 Å². The van der Waals surface area contributed by atoms with E-state index in [0.717, 1.165) is 32.7 Å². The van der Waals surface area contributed by atoms with Gasteiger partial charge in [0.15, 0.2) is 0 Å². The van der Waals surface area contributed by atoms with Gasteiger partial charge in [-0.3, -0.25) is 0 Å². The third kappa shape index (κ3) is 3.18. The lowest BCUT2D eigenvalue weighted by atomic mass is 10.0. The topological polar surface area (TPSA) is 18.5 Å². The Balaban J connectivity index is 2.38. The van der Waals surface area contributed by atoms with Gasteiger partial charge in [-0.25, -0.2) is 0 Å². The molecular weight excluding hydrogens is 384 g/mol. The number of aryl methyl sites for hydroxylation is 1. The highest BCUT2D eigenvalue weighted by molar-refractivity contribution is 9.11. The molecule has 2 rings (SSSR count). The Labute approximate surface area is 136 Å². The van der Waals surface area contributed by atoms with Crippen LogP contribution in [-0.2, 0) is 0 Å². The van der Waals surface area contributed by atoms with E-state index in [2.05, 4.69) is 56.1 Å². The lowest BCUT2D eigenvalue weighted by Crippen LogP contribution is -1.97. The molecule has 20 heavy (non-hydrogen) atoms. The second kappa shape index (κ2) is 6.64. The van der Waals surface area contributed by atoms with Gasteiger partial charge >= 0.3 is 0 Å². The van der Waals surface area contributed by atoms with E-state index in [4.69, 9.17) is 9.47 Å². The number of hydrogen-bond donors (Lipinski definition) is 0. The Morgan fingerprint density at radius 3 is 2.35 bits per heavy atom. The molecule has 0 saturated heterocycles. The first-order chi connectivity index (χ1) is 9.56. The predicted molar refractivity (Wildman–Crippen MR) is 89.2 cm³/mol. The van der Waals surface area contributed by atoms with Crippen LogP contribution in [0.5, 0.6) is 11.5 Å². The third-order valence-corrected chi connectivity index (χ3v) is 4.91. The fraction of sp³-hybridized carbons (Fsp3) is 0.250. The van der Waals surface area contributed by atoms with E-state index in [1.807, 2.05) is 19.1 Å². The molecule has 0 N–H and O–H groups in total. The monoisotopic (exact) mass is 398 g/mol. The van der Waals surface area contributed by atoms with Crippen LogP contribution in [0.1, 0.15) is 21.5 Å². The van der Waals surface area contributed by atoms with Crippen molar-refractivity contribution in [2.75, 3.05) is 14.2 Å². The molecule has 0 heterocycles. The Kier molecular flexibility index (Phi) is 5.11. The number of rotatable bonds is 4. The summed E-state index contributed by atoms with van der Waals surface area (Å²) in [5, 5.41) is 0. The van der Waals surface area contributed by atoms with E-state index in [-0.39, 0.29) is 4.83 Å². The van der Waals surface area contributed by atoms with Crippen LogP contribution in [0.4, 0.5) is 0 Å². The van der Waals surface area contributed by atoms with Crippen molar-refractivity contribution in [3.05, 3.63) is 57.6 Å². The highest BCUT2D eigenvalue weighted by atomic mass is 79.9. The SMILES string of the molecule is COc1ccc(C(Br)c2ccc(C)c(OC)c2)c(Br)c1. The van der Waals surface area contributed by atoms with Gasteiger partial charge in [0.05, 0.1) is 19.0 Å². The fourth-order valence-corrected chi connectivity index (χ4v) is 3.59. The van der Waals surface area contributed by atoms with Crippen LogP contribution in [0.15, 0.2) is 40.9 Å². The van der Waals surface area contributed by atoms with Crippen LogP contribution in [0, 0.1) is 6.92 Å². The van der Waals surface area contributed by atoms with E-state index >= 15 is 0 Å². The summed E-state index contributed by atoms with van der Waals surface area (Å²) in [6, 6.07) is 12.2. The van der Waals surface area contributed by atoms with Crippen LogP contribution in [0.2, 0.25) is 0 Å². The van der Waals surface area contributed by atoms with Crippen molar-refractivity contribution >= 4 is 31.9 Å². The van der Waals surface area contributed by atoms with Gasteiger partial charge in [-0.15, -0.1) is 0 Å². The quantitative estimate of drug-likeness (QED) is 0.653. The smallest absolute Gasteiger partial charge is 0.122 e. The Hall–Kier alpha value is -1.00. The van der Waals surface area contributed by atoms with E-state index in [0.29, 0.717) is 0 Å². The summed E-state index contributed by atoms with van der Waals surface area (Å²) < 4.78 is 11.6. The molecule has 0 radical (unpaired) electrons. The molecule has 0 spiro atoms. The maximum Gasteiger partial charge on any atom is 0.122 e. The number of benzene rings is 2. The average Bonchev–Trinajstić information content (AvgIpc) is 2.47. The zero-order valence-electron chi connectivity index (χ0n) is 11.6. The number of hydrogen-bond acceptors (Lipinski definition) is 2. The normalized spacial score (nSPS) is 12.1. The average molecular weight is 400 g/mol. The van der Waals surface area contributed by atoms with Gasteiger partial charge in [0.1, 0.15) is 11.5 Å². The van der Waals surface area contributed by atoms with Crippen LogP contribution in [-0.4, -0.2) is 14.2 Å². The van der Waals surface area contributed by atoms with Crippen molar-refractivity contribution in [2.45, 2.75) is 11.8 Å². The minimum absolute atomic E-state index is 0.0947. The van der Waals surface area contributed by atoms with Crippen molar-refractivity contribution in [3.8, 4) is 11.5 Å². The van der Waals surface area contributed by atoms with Crippen molar-refractivity contribution < 1.29 is 9.47 Å². The van der Waals surface area contributed by atoms with Crippen LogP contribution < -0.4 is 9.47 Å². The molecule has 1 unspecified atom stereocenters. The molecule has 0 aliphatic rings. The second-order valence-corrected chi connectivity index (χ2v) is 6.25. The van der Waals surface area contributed by atoms with Gasteiger partial charge in [-0.05, 0) is 41.8 Å². The Morgan fingerprint density at radius 1 is 1.00 bits per heavy atom. The maximum atomic E-state index is 5.39. The van der Waals surface area contributed by atoms with E-state index < -0.39 is 0 Å². The van der Waals surface area contributed by atoms with Crippen LogP contribution in [0.25, 0.3) is 0 Å². The minimum atomic E-state index is 0.0947. The van der Waals surface area contributed by atoms with E-state index in [1.165, 1.54) is 0 Å². The summed E-state index contributed by atoms with van der Waals surface area (Å²) >= 11 is 7.35. The highest BCUT2D eigenvalue weighted by Gasteiger charge is 2.15. The van der Waals surface area contributed by atoms with Crippen LogP contribution >= 0.6 is 31.9 Å². The molecule has 0 aromatic heterocycles. The van der Waals surface area contributed by atoms with Gasteiger partial charge in [0.2, 0.25) is 0 Å². The molecule has 0 amide bonds. The Bertz CT molecular complexity index is 611. The fourth-order valence-electron chi connectivity index (χ4n) is 2.01. The summed E-state index contributed by atoms with van der Waals surface area (Å²) in [5.41, 5.74) is 3.43. The molecule has 4 heteroatoms. The molecule has 0 aliphatic heterocycles. The molecule has 106 valence electrons. The molecule has 0 bridgehead atoms. The van der Waals surface area contributed by atoms with E-state index in [9.17, 15) is 0 Å². The lowest BCUT2D eigenvalue weighted by molar-refractivity contribution is 0.411. The number of halogens is 2. The van der Waals surface area contributed by atoms with Crippen molar-refractivity contribution in [1.29, 1.82) is 0 Å². The summed E-state index contributed by atoms with van der Waals surface area (Å²) in [6.45, 7) is 2.04. The largest absolute Gasteiger partial charge is 0.497 e. The van der Waals surface area contributed by atoms with Gasteiger partial charge in [0.25, 0.3) is 0 Å². The first-order valence-electron chi connectivity index (χ1n) is 6.19. The van der Waals surface area contributed by atoms with Gasteiger partial charge in [-0.2, -0.15) is 0 Å². The standard InChI is InChI=1S/C16H16Br2O2/c1-10-4-5-11(8-15(10)20-3)16(18)13-7-6-12(19-2)9-14(13)17/h4-9,16H,1-3H3. The zero-order chi connectivity index (χ0) is 14.7. The second-order valence-electron chi connectivity index (χ2n) is 4.48. The summed E-state index contributed by atoms with van der Waals surface area (Å²) in [4.78, 5) is 0.0947. The lowest BCUT2D eigenvalue weighted by Gasteiger charge is -2.15. The minimum Gasteiger partial charge on any atom is -0.497 e. The van der Waals surface area contributed by atoms with Crippen LogP contribution in [0.3, 0.4) is 0 Å². The molecule has 0 saturated carbocycles. The van der Waals surface area contributed by atoms with Crippen molar-refractivity contribution in [1.82, 2.24) is 0 Å². The number of alkyl halides is 1.